The van der Waals surface area contributed by atoms with Crippen molar-refractivity contribution in [2.75, 3.05) is 5.75 Å². The van der Waals surface area contributed by atoms with Gasteiger partial charge in [0.05, 0.1) is 5.56 Å². The molecule has 0 amide bonds. The molecule has 1 aromatic carbocycles. The van der Waals surface area contributed by atoms with Gasteiger partial charge in [-0.25, -0.2) is 0 Å². The van der Waals surface area contributed by atoms with Gasteiger partial charge in [-0.05, 0) is 23.8 Å². The summed E-state index contributed by atoms with van der Waals surface area (Å²) in [5, 5.41) is 0. The lowest BCUT2D eigenvalue weighted by atomic mass is 10.1. The molecule has 0 saturated heterocycles. The Labute approximate surface area is 99.7 Å². The average molecular weight is 297 g/mol. The predicted molar refractivity (Wildman–Crippen MR) is 62.0 cm³/mol. The Morgan fingerprint density at radius 1 is 1.27 bits per heavy atom. The molecule has 0 radical (unpaired) electrons. The maximum absolute atomic E-state index is 12.4. The van der Waals surface area contributed by atoms with Crippen LogP contribution in [0.1, 0.15) is 11.1 Å². The summed E-state index contributed by atoms with van der Waals surface area (Å²) in [5.74, 6) is 0.494. The van der Waals surface area contributed by atoms with Gasteiger partial charge in [0, 0.05) is 10.2 Å². The van der Waals surface area contributed by atoms with E-state index >= 15 is 0 Å². The molecule has 1 aromatic rings. The second kappa shape index (κ2) is 5.07. The van der Waals surface area contributed by atoms with E-state index in [1.165, 1.54) is 0 Å². The zero-order valence-corrected chi connectivity index (χ0v) is 10.0. The Balaban J connectivity index is 3.11. The van der Waals surface area contributed by atoms with E-state index in [0.717, 1.165) is 12.1 Å². The summed E-state index contributed by atoms with van der Waals surface area (Å²) in [6.45, 7) is 0. The van der Waals surface area contributed by atoms with Gasteiger partial charge >= 0.3 is 6.18 Å². The second-order valence-corrected chi connectivity index (χ2v) is 4.14. The third-order valence-electron chi connectivity index (χ3n) is 1.66. The summed E-state index contributed by atoms with van der Waals surface area (Å²) in [4.78, 5) is 0. The Kier molecular flexibility index (Phi) is 4.28. The molecule has 5 heteroatoms. The summed E-state index contributed by atoms with van der Waals surface area (Å²) < 4.78 is 37.6. The highest BCUT2D eigenvalue weighted by Gasteiger charge is 2.30. The molecule has 0 heterocycles. The van der Waals surface area contributed by atoms with Crippen molar-refractivity contribution in [1.29, 1.82) is 0 Å². The van der Waals surface area contributed by atoms with Gasteiger partial charge in [0.25, 0.3) is 0 Å². The van der Waals surface area contributed by atoms with Gasteiger partial charge in [-0.15, -0.1) is 0 Å². The highest BCUT2D eigenvalue weighted by atomic mass is 79.9. The minimum atomic E-state index is -4.31. The van der Waals surface area contributed by atoms with Gasteiger partial charge in [-0.3, -0.25) is 0 Å². The highest BCUT2D eigenvalue weighted by Crippen LogP contribution is 2.32. The smallest absolute Gasteiger partial charge is 0.175 e. The molecule has 15 heavy (non-hydrogen) atoms. The van der Waals surface area contributed by atoms with E-state index in [9.17, 15) is 13.2 Å². The molecule has 0 fully saturated rings. The molecule has 0 unspecified atom stereocenters. The van der Waals surface area contributed by atoms with Gasteiger partial charge in [0.1, 0.15) is 0 Å². The molecule has 0 aliphatic rings. The Morgan fingerprint density at radius 3 is 2.47 bits per heavy atom. The first-order valence-electron chi connectivity index (χ1n) is 4.08. The van der Waals surface area contributed by atoms with Crippen molar-refractivity contribution < 1.29 is 13.2 Å². The monoisotopic (exact) mass is 296 g/mol. The van der Waals surface area contributed by atoms with Crippen LogP contribution in [0, 0.1) is 0 Å². The zero-order chi connectivity index (χ0) is 11.5. The van der Waals surface area contributed by atoms with Gasteiger partial charge in [0.2, 0.25) is 0 Å². The lowest BCUT2D eigenvalue weighted by Crippen LogP contribution is -2.04. The molecule has 1 rings (SSSR count). The first-order chi connectivity index (χ1) is 6.93. The number of halogens is 4. The molecule has 0 aliphatic carbocycles. The summed E-state index contributed by atoms with van der Waals surface area (Å²) in [5.41, 5.74) is -0.151. The molecule has 0 aromatic heterocycles. The molecular formula is C10H8BrF3S. The van der Waals surface area contributed by atoms with Crippen molar-refractivity contribution in [2.24, 2.45) is 0 Å². The van der Waals surface area contributed by atoms with E-state index in [1.54, 1.807) is 18.2 Å². The summed E-state index contributed by atoms with van der Waals surface area (Å²) >= 11 is 6.98. The lowest BCUT2D eigenvalue weighted by Gasteiger charge is -2.08. The summed E-state index contributed by atoms with van der Waals surface area (Å²) in [6.07, 6.45) is -1.02. The van der Waals surface area contributed by atoms with Crippen LogP contribution in [0.15, 0.2) is 28.7 Å². The molecule has 0 atom stereocenters. The van der Waals surface area contributed by atoms with E-state index in [2.05, 4.69) is 28.6 Å². The van der Waals surface area contributed by atoms with Crippen molar-refractivity contribution in [3.63, 3.8) is 0 Å². The second-order valence-electron chi connectivity index (χ2n) is 2.86. The van der Waals surface area contributed by atoms with Gasteiger partial charge in [0.15, 0.2) is 0 Å². The number of thiol groups is 1. The number of benzene rings is 1. The number of hydrogen-bond donors (Lipinski definition) is 1. The van der Waals surface area contributed by atoms with Crippen LogP contribution in [0.2, 0.25) is 0 Å². The molecule has 0 saturated carbocycles. The SMILES string of the molecule is FC(F)(F)c1cc(Br)cc(C=CCS)c1. The quantitative estimate of drug-likeness (QED) is 0.768. The van der Waals surface area contributed by atoms with Crippen molar-refractivity contribution in [3.05, 3.63) is 39.9 Å². The first kappa shape index (κ1) is 12.6. The molecule has 0 aliphatic heterocycles. The fourth-order valence-corrected chi connectivity index (χ4v) is 1.68. The van der Waals surface area contributed by atoms with Crippen molar-refractivity contribution in [1.82, 2.24) is 0 Å². The number of hydrogen-bond acceptors (Lipinski definition) is 1. The molecule has 0 nitrogen and oxygen atoms in total. The lowest BCUT2D eigenvalue weighted by molar-refractivity contribution is -0.137. The van der Waals surface area contributed by atoms with Gasteiger partial charge in [-0.1, -0.05) is 28.1 Å². The molecule has 0 N–H and O–H groups in total. The van der Waals surface area contributed by atoms with Gasteiger partial charge in [-0.2, -0.15) is 25.8 Å². The molecule has 82 valence electrons. The van der Waals surface area contributed by atoms with Crippen molar-refractivity contribution >= 4 is 34.6 Å². The van der Waals surface area contributed by atoms with E-state index in [-0.39, 0.29) is 0 Å². The first-order valence-corrected chi connectivity index (χ1v) is 5.51. The van der Waals surface area contributed by atoms with E-state index < -0.39 is 11.7 Å². The molecule has 0 spiro atoms. The highest BCUT2D eigenvalue weighted by molar-refractivity contribution is 9.10. The Morgan fingerprint density at radius 2 is 1.93 bits per heavy atom. The van der Waals surface area contributed by atoms with E-state index in [4.69, 9.17) is 0 Å². The molecule has 0 bridgehead atoms. The number of rotatable bonds is 2. The Bertz CT molecular complexity index is 371. The van der Waals surface area contributed by atoms with Crippen molar-refractivity contribution in [2.45, 2.75) is 6.18 Å². The maximum Gasteiger partial charge on any atom is 0.416 e. The largest absolute Gasteiger partial charge is 0.416 e. The molecular weight excluding hydrogens is 289 g/mol. The van der Waals surface area contributed by atoms with Crippen LogP contribution in [0.25, 0.3) is 6.08 Å². The van der Waals surface area contributed by atoms with E-state index in [1.807, 2.05) is 0 Å². The summed E-state index contributed by atoms with van der Waals surface area (Å²) in [7, 11) is 0. The fraction of sp³-hybridized carbons (Fsp3) is 0.200. The topological polar surface area (TPSA) is 0 Å². The third kappa shape index (κ3) is 3.91. The van der Waals surface area contributed by atoms with Crippen LogP contribution < -0.4 is 0 Å². The van der Waals surface area contributed by atoms with Crippen LogP contribution in [0.3, 0.4) is 0 Å². The number of alkyl halides is 3. The van der Waals surface area contributed by atoms with Crippen LogP contribution in [0.5, 0.6) is 0 Å². The third-order valence-corrected chi connectivity index (χ3v) is 2.33. The predicted octanol–water partition coefficient (Wildman–Crippen LogP) is 4.41. The van der Waals surface area contributed by atoms with Gasteiger partial charge < -0.3 is 0 Å². The maximum atomic E-state index is 12.4. The minimum Gasteiger partial charge on any atom is -0.175 e. The van der Waals surface area contributed by atoms with Crippen LogP contribution in [-0.4, -0.2) is 5.75 Å². The standard InChI is InChI=1S/C10H8BrF3S/c11-9-5-7(2-1-3-15)4-8(6-9)10(12,13)14/h1-2,4-6,15H,3H2. The van der Waals surface area contributed by atoms with Crippen LogP contribution >= 0.6 is 28.6 Å². The van der Waals surface area contributed by atoms with Crippen LogP contribution in [-0.2, 0) is 6.18 Å². The normalized spacial score (nSPS) is 12.3. The van der Waals surface area contributed by atoms with E-state index in [0.29, 0.717) is 15.8 Å². The average Bonchev–Trinajstić information content (AvgIpc) is 2.12. The fourth-order valence-electron chi connectivity index (χ4n) is 1.06. The van der Waals surface area contributed by atoms with Crippen LogP contribution in [0.4, 0.5) is 13.2 Å². The minimum absolute atomic E-state index is 0.413. The summed E-state index contributed by atoms with van der Waals surface area (Å²) in [6, 6.07) is 3.78. The zero-order valence-electron chi connectivity index (χ0n) is 7.55. The Hall–Kier alpha value is -0.420. The van der Waals surface area contributed by atoms with Crippen molar-refractivity contribution in [3.8, 4) is 0 Å².